The largest absolute Gasteiger partial charge is 0.347 e. The Morgan fingerprint density at radius 3 is 2.79 bits per heavy atom. The fourth-order valence-corrected chi connectivity index (χ4v) is 2.66. The molecule has 1 atom stereocenters. The normalized spacial score (nSPS) is 20.1. The number of hydrogen-bond donors (Lipinski definition) is 0. The second-order valence-corrected chi connectivity index (χ2v) is 5.64. The van der Waals surface area contributed by atoms with Crippen LogP contribution in [-0.2, 0) is 11.3 Å². The van der Waals surface area contributed by atoms with Gasteiger partial charge in [-0.3, -0.25) is 9.36 Å². The third kappa shape index (κ3) is 2.69. The van der Waals surface area contributed by atoms with E-state index >= 15 is 0 Å². The van der Waals surface area contributed by atoms with Crippen molar-refractivity contribution in [3.8, 4) is 0 Å². The number of amides is 1. The minimum Gasteiger partial charge on any atom is -0.335 e. The Labute approximate surface area is 112 Å². The van der Waals surface area contributed by atoms with Crippen LogP contribution in [-0.4, -0.2) is 32.4 Å². The van der Waals surface area contributed by atoms with Crippen molar-refractivity contribution >= 4 is 5.91 Å². The summed E-state index contributed by atoms with van der Waals surface area (Å²) in [6.45, 7) is 2.25. The van der Waals surface area contributed by atoms with Crippen molar-refractivity contribution in [2.45, 2.75) is 51.2 Å². The first kappa shape index (κ1) is 12.4. The van der Waals surface area contributed by atoms with E-state index in [1.807, 2.05) is 4.90 Å². The van der Waals surface area contributed by atoms with Crippen LogP contribution < -0.4 is 5.69 Å². The molecule has 0 N–H and O–H groups in total. The molecule has 0 radical (unpaired) electrons. The topological polar surface area (TPSA) is 55.2 Å². The Bertz CT molecular complexity index is 531. The zero-order chi connectivity index (χ0) is 13.4. The Morgan fingerprint density at radius 1 is 1.47 bits per heavy atom. The highest BCUT2D eigenvalue weighted by Gasteiger charge is 2.41. The van der Waals surface area contributed by atoms with Gasteiger partial charge >= 0.3 is 5.69 Å². The Kier molecular flexibility index (Phi) is 3.12. The van der Waals surface area contributed by atoms with Crippen LogP contribution in [0.2, 0.25) is 0 Å². The van der Waals surface area contributed by atoms with Crippen LogP contribution in [0.25, 0.3) is 0 Å². The maximum Gasteiger partial charge on any atom is 0.347 e. The molecule has 3 rings (SSSR count). The summed E-state index contributed by atoms with van der Waals surface area (Å²) in [5, 5.41) is 0. The Balaban J connectivity index is 1.73. The summed E-state index contributed by atoms with van der Waals surface area (Å²) in [4.78, 5) is 29.7. The van der Waals surface area contributed by atoms with Crippen LogP contribution in [0.15, 0.2) is 23.3 Å². The van der Waals surface area contributed by atoms with Crippen LogP contribution in [0, 0.1) is 5.92 Å². The lowest BCUT2D eigenvalue weighted by molar-refractivity contribution is -0.135. The molecule has 1 aromatic heterocycles. The van der Waals surface area contributed by atoms with Crippen molar-refractivity contribution in [2.75, 3.05) is 0 Å². The zero-order valence-corrected chi connectivity index (χ0v) is 11.2. The summed E-state index contributed by atoms with van der Waals surface area (Å²) in [6.07, 6.45) is 7.74. The standard InChI is InChI=1S/C14H19N3O2/c1-10(11-3-4-11)17(12-5-6-12)13(18)9-16-8-2-7-15-14(16)19/h2,7-8,10-12H,3-6,9H2,1H3/t10-/m0/s1. The Morgan fingerprint density at radius 2 is 2.21 bits per heavy atom. The van der Waals surface area contributed by atoms with E-state index in [1.54, 1.807) is 12.3 Å². The first-order valence-electron chi connectivity index (χ1n) is 6.99. The van der Waals surface area contributed by atoms with E-state index < -0.39 is 0 Å². The summed E-state index contributed by atoms with van der Waals surface area (Å²) in [7, 11) is 0. The molecule has 5 heteroatoms. The van der Waals surface area contributed by atoms with Gasteiger partial charge in [-0.1, -0.05) is 0 Å². The van der Waals surface area contributed by atoms with E-state index in [9.17, 15) is 9.59 Å². The molecule has 0 aromatic carbocycles. The van der Waals surface area contributed by atoms with E-state index in [-0.39, 0.29) is 18.1 Å². The van der Waals surface area contributed by atoms with E-state index in [2.05, 4.69) is 11.9 Å². The van der Waals surface area contributed by atoms with Crippen molar-refractivity contribution in [1.29, 1.82) is 0 Å². The third-order valence-corrected chi connectivity index (χ3v) is 4.06. The summed E-state index contributed by atoms with van der Waals surface area (Å²) in [6, 6.07) is 2.39. The van der Waals surface area contributed by atoms with Gasteiger partial charge in [0.2, 0.25) is 5.91 Å². The molecule has 1 aromatic rings. The van der Waals surface area contributed by atoms with Crippen LogP contribution in [0.1, 0.15) is 32.6 Å². The van der Waals surface area contributed by atoms with Gasteiger partial charge in [0.1, 0.15) is 6.54 Å². The molecular weight excluding hydrogens is 242 g/mol. The number of aromatic nitrogens is 2. The SMILES string of the molecule is C[C@@H](C1CC1)N(C(=O)Cn1cccnc1=O)C1CC1. The van der Waals surface area contributed by atoms with Gasteiger partial charge < -0.3 is 4.90 Å². The quantitative estimate of drug-likeness (QED) is 0.795. The molecule has 5 nitrogen and oxygen atoms in total. The molecule has 0 saturated heterocycles. The minimum atomic E-state index is -0.356. The second kappa shape index (κ2) is 4.79. The minimum absolute atomic E-state index is 0.0528. The Hall–Kier alpha value is -1.65. The first-order valence-corrected chi connectivity index (χ1v) is 6.99. The van der Waals surface area contributed by atoms with Crippen molar-refractivity contribution in [2.24, 2.45) is 5.92 Å². The lowest BCUT2D eigenvalue weighted by Gasteiger charge is -2.29. The molecule has 0 aliphatic heterocycles. The average Bonchev–Trinajstić information content (AvgIpc) is 3.26. The number of carbonyl (C=O) groups excluding carboxylic acids is 1. The van der Waals surface area contributed by atoms with Gasteiger partial charge in [-0.2, -0.15) is 0 Å². The fourth-order valence-electron chi connectivity index (χ4n) is 2.66. The number of nitrogens with zero attached hydrogens (tertiary/aromatic N) is 3. The summed E-state index contributed by atoms with van der Waals surface area (Å²) in [5.74, 6) is 0.715. The summed E-state index contributed by atoms with van der Waals surface area (Å²) >= 11 is 0. The average molecular weight is 261 g/mol. The van der Waals surface area contributed by atoms with Crippen LogP contribution in [0.3, 0.4) is 0 Å². The van der Waals surface area contributed by atoms with Gasteiger partial charge in [-0.25, -0.2) is 9.78 Å². The van der Waals surface area contributed by atoms with E-state index in [4.69, 9.17) is 0 Å². The van der Waals surface area contributed by atoms with Gasteiger partial charge in [0.05, 0.1) is 0 Å². The first-order chi connectivity index (χ1) is 9.16. The molecule has 19 heavy (non-hydrogen) atoms. The van der Waals surface area contributed by atoms with Crippen LogP contribution in [0.4, 0.5) is 0 Å². The molecule has 0 bridgehead atoms. The maximum absolute atomic E-state index is 12.5. The lowest BCUT2D eigenvalue weighted by atomic mass is 10.1. The number of rotatable bonds is 5. The van der Waals surface area contributed by atoms with Gasteiger partial charge in [0, 0.05) is 24.5 Å². The van der Waals surface area contributed by atoms with Gasteiger partial charge in [0.25, 0.3) is 0 Å². The lowest BCUT2D eigenvalue weighted by Crippen LogP contribution is -2.44. The van der Waals surface area contributed by atoms with E-state index in [0.717, 1.165) is 12.8 Å². The van der Waals surface area contributed by atoms with E-state index in [0.29, 0.717) is 18.0 Å². The van der Waals surface area contributed by atoms with Crippen molar-refractivity contribution in [3.05, 3.63) is 28.9 Å². The molecule has 2 aliphatic rings. The van der Waals surface area contributed by atoms with Crippen LogP contribution >= 0.6 is 0 Å². The predicted molar refractivity (Wildman–Crippen MR) is 70.6 cm³/mol. The molecule has 2 saturated carbocycles. The maximum atomic E-state index is 12.5. The highest BCUT2D eigenvalue weighted by molar-refractivity contribution is 5.77. The summed E-state index contributed by atoms with van der Waals surface area (Å²) in [5.41, 5.74) is -0.356. The molecular formula is C14H19N3O2. The van der Waals surface area contributed by atoms with Gasteiger partial charge in [-0.15, -0.1) is 0 Å². The molecule has 102 valence electrons. The summed E-state index contributed by atoms with van der Waals surface area (Å²) < 4.78 is 1.39. The monoisotopic (exact) mass is 261 g/mol. The molecule has 0 unspecified atom stereocenters. The third-order valence-electron chi connectivity index (χ3n) is 4.06. The van der Waals surface area contributed by atoms with Crippen molar-refractivity contribution in [3.63, 3.8) is 0 Å². The number of hydrogen-bond acceptors (Lipinski definition) is 3. The van der Waals surface area contributed by atoms with Gasteiger partial charge in [-0.05, 0) is 44.6 Å². The highest BCUT2D eigenvalue weighted by atomic mass is 16.2. The fraction of sp³-hybridized carbons (Fsp3) is 0.643. The van der Waals surface area contributed by atoms with Crippen LogP contribution in [0.5, 0.6) is 0 Å². The number of carbonyl (C=O) groups is 1. The van der Waals surface area contributed by atoms with E-state index in [1.165, 1.54) is 23.6 Å². The molecule has 2 aliphatic carbocycles. The molecule has 1 heterocycles. The highest BCUT2D eigenvalue weighted by Crippen LogP contribution is 2.39. The molecule has 1 amide bonds. The second-order valence-electron chi connectivity index (χ2n) is 5.64. The predicted octanol–water partition coefficient (Wildman–Crippen LogP) is 1.03. The zero-order valence-electron chi connectivity index (χ0n) is 11.2. The molecule has 2 fully saturated rings. The molecule has 0 spiro atoms. The van der Waals surface area contributed by atoms with Crippen molar-refractivity contribution < 1.29 is 4.79 Å². The van der Waals surface area contributed by atoms with Gasteiger partial charge in [0.15, 0.2) is 0 Å². The van der Waals surface area contributed by atoms with Crippen molar-refractivity contribution in [1.82, 2.24) is 14.5 Å². The smallest absolute Gasteiger partial charge is 0.335 e.